The van der Waals surface area contributed by atoms with E-state index in [0.717, 1.165) is 40.1 Å². The van der Waals surface area contributed by atoms with Crippen LogP contribution in [0.15, 0.2) is 47.4 Å². The molecule has 0 saturated carbocycles. The Morgan fingerprint density at radius 1 is 1.15 bits per heavy atom. The van der Waals surface area contributed by atoms with E-state index in [1.807, 2.05) is 24.3 Å². The third kappa shape index (κ3) is 3.35. The van der Waals surface area contributed by atoms with Crippen molar-refractivity contribution in [2.75, 3.05) is 11.1 Å². The van der Waals surface area contributed by atoms with Crippen LogP contribution in [-0.2, 0) is 17.6 Å². The number of benzene rings is 2. The first-order chi connectivity index (χ1) is 12.8. The molecule has 0 aliphatic heterocycles. The summed E-state index contributed by atoms with van der Waals surface area (Å²) in [5, 5.41) is 15.5. The number of nitriles is 1. The lowest BCUT2D eigenvalue weighted by atomic mass is 9.96. The van der Waals surface area contributed by atoms with E-state index < -0.39 is 0 Å². The van der Waals surface area contributed by atoms with Gasteiger partial charge in [0.15, 0.2) is 0 Å². The number of carbonyl (C=O) groups is 1. The smallest absolute Gasteiger partial charge is 0.235 e. The molecule has 3 nitrogen and oxygen atoms in total. The van der Waals surface area contributed by atoms with Crippen molar-refractivity contribution < 1.29 is 4.79 Å². The number of carbonyl (C=O) groups excluding carboxylic acids is 1. The summed E-state index contributed by atoms with van der Waals surface area (Å²) in [5.74, 6) is 0.277. The Kier molecular flexibility index (Phi) is 4.96. The monoisotopic (exact) mass is 378 g/mol. The minimum Gasteiger partial charge on any atom is -0.316 e. The van der Waals surface area contributed by atoms with Gasteiger partial charge < -0.3 is 5.32 Å². The van der Waals surface area contributed by atoms with Gasteiger partial charge in [-0.3, -0.25) is 4.79 Å². The molecule has 4 rings (SSSR count). The molecule has 26 heavy (non-hydrogen) atoms. The summed E-state index contributed by atoms with van der Waals surface area (Å²) >= 11 is 3.11. The van der Waals surface area contributed by atoms with Gasteiger partial charge in [-0.05, 0) is 48.1 Å². The minimum atomic E-state index is -0.0574. The highest BCUT2D eigenvalue weighted by molar-refractivity contribution is 8.00. The van der Waals surface area contributed by atoms with E-state index in [-0.39, 0.29) is 5.91 Å². The summed E-state index contributed by atoms with van der Waals surface area (Å²) in [6.45, 7) is 0. The van der Waals surface area contributed by atoms with Crippen molar-refractivity contribution in [1.82, 2.24) is 0 Å². The van der Waals surface area contributed by atoms with E-state index in [1.54, 1.807) is 11.3 Å². The Labute approximate surface area is 161 Å². The number of aryl methyl sites for hydroxylation is 1. The maximum absolute atomic E-state index is 12.5. The third-order valence-corrected chi connectivity index (χ3v) is 6.93. The topological polar surface area (TPSA) is 52.9 Å². The fraction of sp³-hybridized carbons (Fsp3) is 0.238. The molecule has 2 aromatic carbocycles. The first kappa shape index (κ1) is 17.1. The average Bonchev–Trinajstić information content (AvgIpc) is 3.03. The van der Waals surface area contributed by atoms with Gasteiger partial charge in [0.2, 0.25) is 5.91 Å². The van der Waals surface area contributed by atoms with Crippen molar-refractivity contribution in [1.29, 1.82) is 5.26 Å². The average molecular weight is 379 g/mol. The van der Waals surface area contributed by atoms with Gasteiger partial charge in [-0.2, -0.15) is 5.26 Å². The number of anilines is 1. The first-order valence-electron chi connectivity index (χ1n) is 8.71. The molecule has 0 unspecified atom stereocenters. The summed E-state index contributed by atoms with van der Waals surface area (Å²) in [6.07, 6.45) is 4.27. The van der Waals surface area contributed by atoms with Crippen LogP contribution in [0.3, 0.4) is 0 Å². The summed E-state index contributed by atoms with van der Waals surface area (Å²) in [5.41, 5.74) is 1.83. The lowest BCUT2D eigenvalue weighted by Crippen LogP contribution is -2.14. The number of amides is 1. The van der Waals surface area contributed by atoms with E-state index in [0.29, 0.717) is 11.3 Å². The molecular weight excluding hydrogens is 360 g/mol. The zero-order chi connectivity index (χ0) is 17.9. The Bertz CT molecular complexity index is 1010. The van der Waals surface area contributed by atoms with Gasteiger partial charge >= 0.3 is 0 Å². The molecule has 5 heteroatoms. The molecule has 1 aromatic heterocycles. The number of hydrogen-bond donors (Lipinski definition) is 1. The highest BCUT2D eigenvalue weighted by Gasteiger charge is 2.21. The molecule has 0 atom stereocenters. The standard InChI is InChI=1S/C21H18N2OS2/c22-12-17-16-9-3-4-10-19(16)26-21(17)23-20(24)13-25-18-11-5-7-14-6-1-2-8-15(14)18/h1-2,5-8,11H,3-4,9-10,13H2,(H,23,24). The van der Waals surface area contributed by atoms with Crippen LogP contribution in [0.1, 0.15) is 28.8 Å². The van der Waals surface area contributed by atoms with Crippen molar-refractivity contribution in [2.24, 2.45) is 0 Å². The van der Waals surface area contributed by atoms with Gasteiger partial charge in [0.1, 0.15) is 11.1 Å². The highest BCUT2D eigenvalue weighted by atomic mass is 32.2. The number of thiophene rings is 1. The molecular formula is C21H18N2OS2. The van der Waals surface area contributed by atoms with Crippen molar-refractivity contribution >= 4 is 44.8 Å². The Balaban J connectivity index is 1.48. The fourth-order valence-electron chi connectivity index (χ4n) is 3.40. The van der Waals surface area contributed by atoms with E-state index in [9.17, 15) is 10.1 Å². The van der Waals surface area contributed by atoms with Gasteiger partial charge in [-0.15, -0.1) is 23.1 Å². The number of nitrogens with zero attached hydrogens (tertiary/aromatic N) is 1. The summed E-state index contributed by atoms with van der Waals surface area (Å²) in [4.78, 5) is 14.8. The Hall–Kier alpha value is -2.29. The predicted molar refractivity (Wildman–Crippen MR) is 109 cm³/mol. The largest absolute Gasteiger partial charge is 0.316 e. The molecule has 3 aromatic rings. The van der Waals surface area contributed by atoms with Crippen LogP contribution < -0.4 is 5.32 Å². The summed E-state index contributed by atoms with van der Waals surface area (Å²) in [7, 11) is 0. The second-order valence-electron chi connectivity index (χ2n) is 6.34. The number of thioether (sulfide) groups is 1. The minimum absolute atomic E-state index is 0.0574. The molecule has 1 amide bonds. The lowest BCUT2D eigenvalue weighted by molar-refractivity contribution is -0.113. The van der Waals surface area contributed by atoms with Gasteiger partial charge in [0.05, 0.1) is 11.3 Å². The molecule has 0 radical (unpaired) electrons. The van der Waals surface area contributed by atoms with Crippen LogP contribution in [0.2, 0.25) is 0 Å². The summed E-state index contributed by atoms with van der Waals surface area (Å²) in [6, 6.07) is 16.6. The van der Waals surface area contributed by atoms with Crippen LogP contribution in [-0.4, -0.2) is 11.7 Å². The number of nitrogens with one attached hydrogen (secondary N) is 1. The SMILES string of the molecule is N#Cc1c(NC(=O)CSc2cccc3ccccc23)sc2c1CCCC2. The molecule has 0 bridgehead atoms. The van der Waals surface area contributed by atoms with E-state index in [1.165, 1.54) is 28.4 Å². The molecule has 0 saturated heterocycles. The zero-order valence-electron chi connectivity index (χ0n) is 14.2. The highest BCUT2D eigenvalue weighted by Crippen LogP contribution is 2.37. The zero-order valence-corrected chi connectivity index (χ0v) is 15.9. The van der Waals surface area contributed by atoms with Crippen LogP contribution >= 0.6 is 23.1 Å². The van der Waals surface area contributed by atoms with Crippen molar-refractivity contribution in [3.8, 4) is 6.07 Å². The molecule has 1 N–H and O–H groups in total. The van der Waals surface area contributed by atoms with Gasteiger partial charge in [0, 0.05) is 9.77 Å². The number of rotatable bonds is 4. The van der Waals surface area contributed by atoms with Crippen LogP contribution in [0.5, 0.6) is 0 Å². The molecule has 0 fully saturated rings. The first-order valence-corrected chi connectivity index (χ1v) is 10.5. The normalized spacial score (nSPS) is 13.2. The molecule has 1 aliphatic rings. The number of fused-ring (bicyclic) bond motifs is 2. The van der Waals surface area contributed by atoms with E-state index in [4.69, 9.17) is 0 Å². The van der Waals surface area contributed by atoms with E-state index in [2.05, 4.69) is 29.6 Å². The summed E-state index contributed by atoms with van der Waals surface area (Å²) < 4.78 is 0. The van der Waals surface area contributed by atoms with Gasteiger partial charge in [-0.1, -0.05) is 36.4 Å². The number of hydrogen-bond acceptors (Lipinski definition) is 4. The van der Waals surface area contributed by atoms with E-state index >= 15 is 0 Å². The maximum Gasteiger partial charge on any atom is 0.235 e. The Morgan fingerprint density at radius 3 is 2.85 bits per heavy atom. The van der Waals surface area contributed by atoms with Gasteiger partial charge in [-0.25, -0.2) is 0 Å². The predicted octanol–water partition coefficient (Wildman–Crippen LogP) is 5.38. The maximum atomic E-state index is 12.5. The van der Waals surface area contributed by atoms with Crippen molar-refractivity contribution in [3.05, 3.63) is 58.5 Å². The third-order valence-electron chi connectivity index (χ3n) is 4.64. The second-order valence-corrected chi connectivity index (χ2v) is 8.46. The van der Waals surface area contributed by atoms with Gasteiger partial charge in [0.25, 0.3) is 0 Å². The van der Waals surface area contributed by atoms with Crippen LogP contribution in [0.25, 0.3) is 10.8 Å². The molecule has 0 spiro atoms. The lowest BCUT2D eigenvalue weighted by Gasteiger charge is -2.09. The molecule has 1 heterocycles. The molecule has 130 valence electrons. The second kappa shape index (κ2) is 7.53. The molecule has 1 aliphatic carbocycles. The van der Waals surface area contributed by atoms with Crippen molar-refractivity contribution in [2.45, 2.75) is 30.6 Å². The van der Waals surface area contributed by atoms with Crippen LogP contribution in [0.4, 0.5) is 5.00 Å². The van der Waals surface area contributed by atoms with Crippen LogP contribution in [0, 0.1) is 11.3 Å². The van der Waals surface area contributed by atoms with Crippen molar-refractivity contribution in [3.63, 3.8) is 0 Å². The fourth-order valence-corrected chi connectivity index (χ4v) is 5.53. The Morgan fingerprint density at radius 2 is 1.96 bits per heavy atom. The quantitative estimate of drug-likeness (QED) is 0.620.